The maximum absolute atomic E-state index is 12.3. The molecule has 0 saturated carbocycles. The second-order valence-electron chi connectivity index (χ2n) is 6.92. The van der Waals surface area contributed by atoms with Crippen LogP contribution in [0.3, 0.4) is 0 Å². The Hall–Kier alpha value is -2.73. The van der Waals surface area contributed by atoms with E-state index in [1.165, 1.54) is 0 Å². The number of anilines is 3. The average Bonchev–Trinajstić information content (AvgIpc) is 2.62. The quantitative estimate of drug-likeness (QED) is 0.820. The van der Waals surface area contributed by atoms with Gasteiger partial charge in [-0.1, -0.05) is 11.6 Å². The van der Waals surface area contributed by atoms with Gasteiger partial charge < -0.3 is 20.3 Å². The van der Waals surface area contributed by atoms with Gasteiger partial charge in [0.1, 0.15) is 5.75 Å². The van der Waals surface area contributed by atoms with Gasteiger partial charge in [0.25, 0.3) is 5.91 Å². The van der Waals surface area contributed by atoms with E-state index in [1.807, 2.05) is 43.3 Å². The summed E-state index contributed by atoms with van der Waals surface area (Å²) < 4.78 is 5.58. The van der Waals surface area contributed by atoms with Crippen molar-refractivity contribution in [3.8, 4) is 5.75 Å². The van der Waals surface area contributed by atoms with E-state index < -0.39 is 0 Å². The molecule has 2 aliphatic rings. The molecule has 27 heavy (non-hydrogen) atoms. The Labute approximate surface area is 162 Å². The third-order valence-electron chi connectivity index (χ3n) is 4.94. The molecular formula is C20H20ClN3O3. The Morgan fingerprint density at radius 2 is 2.04 bits per heavy atom. The molecule has 6 nitrogen and oxygen atoms in total. The number of benzene rings is 2. The van der Waals surface area contributed by atoms with E-state index >= 15 is 0 Å². The third-order valence-corrected chi connectivity index (χ3v) is 5.19. The predicted molar refractivity (Wildman–Crippen MR) is 106 cm³/mol. The Bertz CT molecular complexity index is 913. The minimum Gasteiger partial charge on any atom is -0.482 e. The van der Waals surface area contributed by atoms with Crippen molar-refractivity contribution < 1.29 is 14.3 Å². The third kappa shape index (κ3) is 3.32. The number of nitrogens with zero attached hydrogens (tertiary/aromatic N) is 1. The standard InChI is InChI=1S/C20H20ClN3O3/c1-11-7-16(22-14-5-3-13(21)4-6-14)15-8-19-17(23-20(26)10-27-19)9-18(15)24(11)12(2)25/h3-6,8-9,11,16,22H,7,10H2,1-2H3,(H,23,26)/t11-,16+/m0/s1. The molecule has 4 rings (SSSR count). The molecule has 2 heterocycles. The molecule has 0 fully saturated rings. The maximum atomic E-state index is 12.3. The number of amides is 2. The van der Waals surface area contributed by atoms with Crippen LogP contribution in [-0.2, 0) is 9.59 Å². The summed E-state index contributed by atoms with van der Waals surface area (Å²) in [5.74, 6) is 0.391. The summed E-state index contributed by atoms with van der Waals surface area (Å²) in [6, 6.07) is 11.3. The lowest BCUT2D eigenvalue weighted by molar-refractivity contribution is -0.118. The Balaban J connectivity index is 1.77. The van der Waals surface area contributed by atoms with Crippen molar-refractivity contribution in [1.82, 2.24) is 0 Å². The number of nitrogens with one attached hydrogen (secondary N) is 2. The fourth-order valence-corrected chi connectivity index (χ4v) is 3.92. The second kappa shape index (κ2) is 6.78. The van der Waals surface area contributed by atoms with Crippen molar-refractivity contribution in [2.45, 2.75) is 32.4 Å². The molecule has 140 valence electrons. The average molecular weight is 386 g/mol. The first-order valence-electron chi connectivity index (χ1n) is 8.85. The van der Waals surface area contributed by atoms with Gasteiger partial charge in [-0.2, -0.15) is 0 Å². The highest BCUT2D eigenvalue weighted by molar-refractivity contribution is 6.30. The van der Waals surface area contributed by atoms with Crippen LogP contribution in [0.5, 0.6) is 5.75 Å². The molecule has 0 aromatic heterocycles. The van der Waals surface area contributed by atoms with E-state index in [0.29, 0.717) is 16.5 Å². The van der Waals surface area contributed by atoms with E-state index in [9.17, 15) is 9.59 Å². The monoisotopic (exact) mass is 385 g/mol. The van der Waals surface area contributed by atoms with Crippen LogP contribution >= 0.6 is 11.6 Å². The molecular weight excluding hydrogens is 366 g/mol. The van der Waals surface area contributed by atoms with Crippen LogP contribution in [-0.4, -0.2) is 24.5 Å². The number of carbonyl (C=O) groups is 2. The van der Waals surface area contributed by atoms with Crippen LogP contribution in [0, 0.1) is 0 Å². The zero-order valence-electron chi connectivity index (χ0n) is 15.1. The van der Waals surface area contributed by atoms with Gasteiger partial charge in [-0.05, 0) is 49.7 Å². The fraction of sp³-hybridized carbons (Fsp3) is 0.300. The molecule has 0 spiro atoms. The molecule has 0 saturated heterocycles. The number of ether oxygens (including phenoxy) is 1. The van der Waals surface area contributed by atoms with E-state index in [0.717, 1.165) is 23.4 Å². The first kappa shape index (κ1) is 17.7. The van der Waals surface area contributed by atoms with Gasteiger partial charge in [-0.3, -0.25) is 9.59 Å². The first-order valence-corrected chi connectivity index (χ1v) is 9.22. The normalized spacial score (nSPS) is 20.9. The Kier molecular flexibility index (Phi) is 4.44. The fourth-order valence-electron chi connectivity index (χ4n) is 3.79. The first-order chi connectivity index (χ1) is 12.9. The summed E-state index contributed by atoms with van der Waals surface area (Å²) in [5, 5.41) is 7.03. The zero-order chi connectivity index (χ0) is 19.1. The zero-order valence-corrected chi connectivity index (χ0v) is 15.8. The summed E-state index contributed by atoms with van der Waals surface area (Å²) >= 11 is 5.98. The molecule has 2 aromatic rings. The molecule has 0 aliphatic carbocycles. The van der Waals surface area contributed by atoms with E-state index in [1.54, 1.807) is 11.8 Å². The lowest BCUT2D eigenvalue weighted by Gasteiger charge is -2.40. The summed E-state index contributed by atoms with van der Waals surface area (Å²) in [5.41, 5.74) is 3.30. The van der Waals surface area contributed by atoms with Crippen molar-refractivity contribution in [3.63, 3.8) is 0 Å². The van der Waals surface area contributed by atoms with Crippen molar-refractivity contribution in [2.24, 2.45) is 0 Å². The number of hydrogen-bond donors (Lipinski definition) is 2. The highest BCUT2D eigenvalue weighted by atomic mass is 35.5. The molecule has 2 atom stereocenters. The van der Waals surface area contributed by atoms with Gasteiger partial charge in [0.05, 0.1) is 17.4 Å². The molecule has 0 bridgehead atoms. The molecule has 2 aromatic carbocycles. The molecule has 2 amide bonds. The van der Waals surface area contributed by atoms with Gasteiger partial charge in [-0.15, -0.1) is 0 Å². The smallest absolute Gasteiger partial charge is 0.262 e. The maximum Gasteiger partial charge on any atom is 0.262 e. The number of hydrogen-bond acceptors (Lipinski definition) is 4. The molecule has 0 radical (unpaired) electrons. The van der Waals surface area contributed by atoms with Gasteiger partial charge in [0, 0.05) is 29.2 Å². The predicted octanol–water partition coefficient (Wildman–Crippen LogP) is 3.97. The van der Waals surface area contributed by atoms with Crippen LogP contribution in [0.25, 0.3) is 0 Å². The van der Waals surface area contributed by atoms with E-state index in [4.69, 9.17) is 16.3 Å². The van der Waals surface area contributed by atoms with Crippen molar-refractivity contribution >= 4 is 40.5 Å². The van der Waals surface area contributed by atoms with Crippen LogP contribution in [0.1, 0.15) is 31.9 Å². The van der Waals surface area contributed by atoms with Crippen LogP contribution in [0.15, 0.2) is 36.4 Å². The highest BCUT2D eigenvalue weighted by Gasteiger charge is 2.34. The van der Waals surface area contributed by atoms with Crippen LogP contribution in [0.4, 0.5) is 17.1 Å². The Morgan fingerprint density at radius 3 is 2.74 bits per heavy atom. The molecule has 2 N–H and O–H groups in total. The minimum atomic E-state index is -0.198. The number of carbonyl (C=O) groups excluding carboxylic acids is 2. The summed E-state index contributed by atoms with van der Waals surface area (Å²) in [6.45, 7) is 3.57. The van der Waals surface area contributed by atoms with Gasteiger partial charge >= 0.3 is 0 Å². The topological polar surface area (TPSA) is 70.7 Å². The summed E-state index contributed by atoms with van der Waals surface area (Å²) in [7, 11) is 0. The summed E-state index contributed by atoms with van der Waals surface area (Å²) in [4.78, 5) is 25.7. The summed E-state index contributed by atoms with van der Waals surface area (Å²) in [6.07, 6.45) is 0.750. The molecule has 2 aliphatic heterocycles. The lowest BCUT2D eigenvalue weighted by Crippen LogP contribution is -2.43. The van der Waals surface area contributed by atoms with Gasteiger partial charge in [0.15, 0.2) is 6.61 Å². The van der Waals surface area contributed by atoms with E-state index in [-0.39, 0.29) is 30.5 Å². The van der Waals surface area contributed by atoms with Crippen molar-refractivity contribution in [3.05, 3.63) is 47.0 Å². The largest absolute Gasteiger partial charge is 0.482 e. The van der Waals surface area contributed by atoms with Crippen molar-refractivity contribution in [1.29, 1.82) is 0 Å². The molecule has 7 heteroatoms. The second-order valence-corrected chi connectivity index (χ2v) is 7.36. The van der Waals surface area contributed by atoms with Gasteiger partial charge in [-0.25, -0.2) is 0 Å². The SMILES string of the molecule is CC(=O)N1c2cc3c(cc2[C@H](Nc2ccc(Cl)cc2)C[C@@H]1C)OCC(=O)N3. The molecule has 0 unspecified atom stereocenters. The van der Waals surface area contributed by atoms with E-state index in [2.05, 4.69) is 10.6 Å². The van der Waals surface area contributed by atoms with Crippen LogP contribution in [0.2, 0.25) is 5.02 Å². The number of halogens is 1. The highest BCUT2D eigenvalue weighted by Crippen LogP contribution is 2.44. The van der Waals surface area contributed by atoms with Crippen molar-refractivity contribution in [2.75, 3.05) is 22.1 Å². The number of fused-ring (bicyclic) bond motifs is 2. The van der Waals surface area contributed by atoms with Gasteiger partial charge in [0.2, 0.25) is 5.91 Å². The Morgan fingerprint density at radius 1 is 1.30 bits per heavy atom. The van der Waals surface area contributed by atoms with Crippen LogP contribution < -0.4 is 20.3 Å². The lowest BCUT2D eigenvalue weighted by atomic mass is 9.90. The number of rotatable bonds is 2. The minimum absolute atomic E-state index is 0.00157.